The van der Waals surface area contributed by atoms with Crippen molar-refractivity contribution < 1.29 is 0 Å². The second-order valence-electron chi connectivity index (χ2n) is 16.3. The summed E-state index contributed by atoms with van der Waals surface area (Å²) in [7, 11) is 0. The molecule has 0 aromatic heterocycles. The number of hydrogen-bond acceptors (Lipinski definition) is 0. The highest BCUT2D eigenvalue weighted by atomic mass is 14.3. The molecule has 0 unspecified atom stereocenters. The average molecular weight is 757 g/mol. The molecule has 0 aliphatic rings. The third-order valence-corrected chi connectivity index (χ3v) is 13.2. The van der Waals surface area contributed by atoms with Gasteiger partial charge in [0.15, 0.2) is 0 Å². The van der Waals surface area contributed by atoms with Crippen molar-refractivity contribution in [1.29, 1.82) is 0 Å². The van der Waals surface area contributed by atoms with E-state index < -0.39 is 0 Å². The Balaban J connectivity index is 1.18. The van der Waals surface area contributed by atoms with E-state index in [4.69, 9.17) is 0 Å². The molecule has 0 N–H and O–H groups in total. The minimum Gasteiger partial charge on any atom is -0.0622 e. The van der Waals surface area contributed by atoms with E-state index in [2.05, 4.69) is 218 Å². The molecule has 0 saturated carbocycles. The Labute approximate surface area is 347 Å². The first-order chi connectivity index (χ1) is 29.8. The first-order valence-corrected chi connectivity index (χ1v) is 20.9. The van der Waals surface area contributed by atoms with Crippen LogP contribution in [0.4, 0.5) is 0 Å². The molecule has 0 radical (unpaired) electrons. The Morgan fingerprint density at radius 3 is 1.22 bits per heavy atom. The van der Waals surface area contributed by atoms with Gasteiger partial charge in [-0.25, -0.2) is 0 Å². The van der Waals surface area contributed by atoms with Gasteiger partial charge in [0.1, 0.15) is 0 Å². The molecule has 0 atom stereocenters. The first-order valence-electron chi connectivity index (χ1n) is 20.9. The lowest BCUT2D eigenvalue weighted by atomic mass is 9.80. The van der Waals surface area contributed by atoms with E-state index in [1.165, 1.54) is 131 Å². The average Bonchev–Trinajstić information content (AvgIpc) is 3.32. The summed E-state index contributed by atoms with van der Waals surface area (Å²) in [5.74, 6) is 0. The second kappa shape index (κ2) is 12.9. The predicted octanol–water partition coefficient (Wildman–Crippen LogP) is 17.0. The Kier molecular flexibility index (Phi) is 7.11. The van der Waals surface area contributed by atoms with Crippen LogP contribution in [0.5, 0.6) is 0 Å². The van der Waals surface area contributed by atoms with E-state index in [0.29, 0.717) is 0 Å². The molecule has 0 spiro atoms. The number of fused-ring (bicyclic) bond motifs is 1. The second-order valence-corrected chi connectivity index (χ2v) is 16.3. The summed E-state index contributed by atoms with van der Waals surface area (Å²) in [6.45, 7) is 0. The van der Waals surface area contributed by atoms with E-state index in [1.807, 2.05) is 0 Å². The van der Waals surface area contributed by atoms with Crippen LogP contribution in [0.1, 0.15) is 0 Å². The molecule has 13 aromatic rings. The topological polar surface area (TPSA) is 0 Å². The SMILES string of the molecule is c1ccc(-c2ccc(-c3ccc4ccc5cccc6ccc3c4c56)c(-c3cc(-c4ccc5ccc6cccc7ccc4c5c67)c4ccccc4c3-c3ccccc3)c2)cc1. The molecule has 0 nitrogen and oxygen atoms in total. The molecule has 0 heteroatoms. The van der Waals surface area contributed by atoms with Crippen molar-refractivity contribution in [2.75, 3.05) is 0 Å². The van der Waals surface area contributed by atoms with Crippen molar-refractivity contribution in [3.63, 3.8) is 0 Å². The highest BCUT2D eigenvalue weighted by Crippen LogP contribution is 2.50. The van der Waals surface area contributed by atoms with Crippen molar-refractivity contribution in [3.8, 4) is 55.6 Å². The number of benzene rings is 13. The summed E-state index contributed by atoms with van der Waals surface area (Å²) in [5.41, 5.74) is 12.3. The van der Waals surface area contributed by atoms with Crippen molar-refractivity contribution in [2.45, 2.75) is 0 Å². The highest BCUT2D eigenvalue weighted by molar-refractivity contribution is 6.28. The van der Waals surface area contributed by atoms with Crippen LogP contribution < -0.4 is 0 Å². The van der Waals surface area contributed by atoms with E-state index >= 15 is 0 Å². The fourth-order valence-corrected chi connectivity index (χ4v) is 10.5. The lowest BCUT2D eigenvalue weighted by Crippen LogP contribution is -1.96. The third-order valence-electron chi connectivity index (χ3n) is 13.2. The predicted molar refractivity (Wildman–Crippen MR) is 259 cm³/mol. The zero-order chi connectivity index (χ0) is 39.3. The Bertz CT molecular complexity index is 3770. The van der Waals surface area contributed by atoms with Crippen molar-refractivity contribution in [3.05, 3.63) is 218 Å². The molecule has 276 valence electrons. The molecule has 0 amide bonds. The van der Waals surface area contributed by atoms with Crippen LogP contribution >= 0.6 is 0 Å². The van der Waals surface area contributed by atoms with Gasteiger partial charge < -0.3 is 0 Å². The van der Waals surface area contributed by atoms with Crippen LogP contribution in [-0.2, 0) is 0 Å². The summed E-state index contributed by atoms with van der Waals surface area (Å²) in [4.78, 5) is 0. The summed E-state index contributed by atoms with van der Waals surface area (Å²) >= 11 is 0. The van der Waals surface area contributed by atoms with Gasteiger partial charge in [-0.15, -0.1) is 0 Å². The van der Waals surface area contributed by atoms with E-state index in [-0.39, 0.29) is 0 Å². The normalized spacial score (nSPS) is 12.0. The molecule has 0 bridgehead atoms. The maximum absolute atomic E-state index is 2.51. The smallest absolute Gasteiger partial charge is 0.00206 e. The van der Waals surface area contributed by atoms with Gasteiger partial charge in [0, 0.05) is 0 Å². The number of hydrogen-bond donors (Lipinski definition) is 0. The van der Waals surface area contributed by atoms with Crippen molar-refractivity contribution in [2.24, 2.45) is 0 Å². The van der Waals surface area contributed by atoms with Crippen LogP contribution in [0, 0.1) is 0 Å². The molecule has 0 saturated heterocycles. The van der Waals surface area contributed by atoms with Gasteiger partial charge in [0.2, 0.25) is 0 Å². The minimum absolute atomic E-state index is 1.20. The Morgan fingerprint density at radius 1 is 0.183 bits per heavy atom. The molecule has 0 aliphatic carbocycles. The summed E-state index contributed by atoms with van der Waals surface area (Å²) in [6, 6.07) is 81.7. The Hall–Kier alpha value is -7.80. The lowest BCUT2D eigenvalue weighted by Gasteiger charge is -2.23. The quantitative estimate of drug-likeness (QED) is 0.153. The fraction of sp³-hybridized carbons (Fsp3) is 0. The minimum atomic E-state index is 1.20. The molecule has 0 heterocycles. The van der Waals surface area contributed by atoms with Gasteiger partial charge in [-0.3, -0.25) is 0 Å². The largest absolute Gasteiger partial charge is 0.0622 e. The molecule has 13 rings (SSSR count). The molecule has 0 fully saturated rings. The van der Waals surface area contributed by atoms with Crippen LogP contribution in [0.15, 0.2) is 218 Å². The van der Waals surface area contributed by atoms with Crippen molar-refractivity contribution >= 4 is 75.4 Å². The summed E-state index contributed by atoms with van der Waals surface area (Å²) < 4.78 is 0. The highest BCUT2D eigenvalue weighted by Gasteiger charge is 2.23. The number of rotatable bonds is 5. The molecular weight excluding hydrogens is 721 g/mol. The molecular formula is C60H36. The van der Waals surface area contributed by atoms with Gasteiger partial charge in [0.05, 0.1) is 0 Å². The zero-order valence-corrected chi connectivity index (χ0v) is 32.8. The van der Waals surface area contributed by atoms with E-state index in [0.717, 1.165) is 0 Å². The molecule has 0 aliphatic heterocycles. The lowest BCUT2D eigenvalue weighted by molar-refractivity contribution is 1.57. The van der Waals surface area contributed by atoms with Gasteiger partial charge in [-0.1, -0.05) is 206 Å². The fourth-order valence-electron chi connectivity index (χ4n) is 10.5. The van der Waals surface area contributed by atoms with Gasteiger partial charge >= 0.3 is 0 Å². The standard InChI is InChI=1S/C60H36/c1-3-11-37(12-4-1)45-29-32-48(47-30-25-43-23-21-39-15-9-17-41-27-33-51(47)59(43)56(39)41)53(35-45)55-36-54(46-19-7-8-20-50(46)58(55)38-13-5-2-6-14-38)49-31-26-44-24-22-40-16-10-18-42-28-34-52(49)60(44)57(40)42/h1-36H. The van der Waals surface area contributed by atoms with Crippen molar-refractivity contribution in [1.82, 2.24) is 0 Å². The van der Waals surface area contributed by atoms with Crippen LogP contribution in [0.3, 0.4) is 0 Å². The van der Waals surface area contributed by atoms with Crippen LogP contribution in [-0.4, -0.2) is 0 Å². The van der Waals surface area contributed by atoms with Gasteiger partial charge in [0.25, 0.3) is 0 Å². The summed E-state index contributed by atoms with van der Waals surface area (Å²) in [6.07, 6.45) is 0. The maximum Gasteiger partial charge on any atom is -0.00206 e. The van der Waals surface area contributed by atoms with Crippen LogP contribution in [0.25, 0.3) is 131 Å². The van der Waals surface area contributed by atoms with Gasteiger partial charge in [-0.2, -0.15) is 0 Å². The van der Waals surface area contributed by atoms with Gasteiger partial charge in [-0.05, 0) is 143 Å². The molecule has 13 aromatic carbocycles. The third kappa shape index (κ3) is 4.86. The summed E-state index contributed by atoms with van der Waals surface area (Å²) in [5, 5.41) is 18.1. The van der Waals surface area contributed by atoms with E-state index in [9.17, 15) is 0 Å². The zero-order valence-electron chi connectivity index (χ0n) is 32.8. The van der Waals surface area contributed by atoms with E-state index in [1.54, 1.807) is 0 Å². The first kappa shape index (κ1) is 33.2. The molecule has 60 heavy (non-hydrogen) atoms. The Morgan fingerprint density at radius 2 is 0.633 bits per heavy atom. The van der Waals surface area contributed by atoms with Crippen LogP contribution in [0.2, 0.25) is 0 Å². The monoisotopic (exact) mass is 756 g/mol. The maximum atomic E-state index is 2.51.